The summed E-state index contributed by atoms with van der Waals surface area (Å²) in [6, 6.07) is 9.73. The maximum Gasteiger partial charge on any atom is 0.270 e. The zero-order valence-corrected chi connectivity index (χ0v) is 14.0. The van der Waals surface area contributed by atoms with E-state index in [2.05, 4.69) is 10.3 Å². The number of benzene rings is 1. The molecule has 2 amide bonds. The van der Waals surface area contributed by atoms with Crippen LogP contribution >= 0.6 is 0 Å². The third kappa shape index (κ3) is 3.25. The topological polar surface area (TPSA) is 77.7 Å². The molecule has 4 rings (SSSR count). The molecule has 7 nitrogen and oxygen atoms in total. The second kappa shape index (κ2) is 6.85. The number of piperazine rings is 1. The molecule has 2 N–H and O–H groups in total. The van der Waals surface area contributed by atoms with E-state index in [1.165, 1.54) is 0 Å². The molecule has 2 aromatic rings. The largest absolute Gasteiger partial charge is 0.366 e. The van der Waals surface area contributed by atoms with Crippen molar-refractivity contribution in [1.29, 1.82) is 0 Å². The number of carbonyl (C=O) groups is 2. The molecule has 2 aliphatic rings. The van der Waals surface area contributed by atoms with Crippen molar-refractivity contribution in [3.05, 3.63) is 36.0 Å². The van der Waals surface area contributed by atoms with E-state index in [0.717, 1.165) is 17.4 Å². The van der Waals surface area contributed by atoms with Gasteiger partial charge in [0.2, 0.25) is 0 Å². The van der Waals surface area contributed by atoms with Gasteiger partial charge < -0.3 is 24.8 Å². The van der Waals surface area contributed by atoms with Crippen LogP contribution in [0.25, 0.3) is 10.9 Å². The molecule has 1 unspecified atom stereocenters. The summed E-state index contributed by atoms with van der Waals surface area (Å²) in [6.07, 6.45) is -0.398. The lowest BCUT2D eigenvalue weighted by atomic mass is 10.2. The summed E-state index contributed by atoms with van der Waals surface area (Å²) in [4.78, 5) is 31.9. The van der Waals surface area contributed by atoms with Crippen LogP contribution in [0.1, 0.15) is 10.5 Å². The third-order valence-electron chi connectivity index (χ3n) is 4.84. The molecule has 0 aliphatic carbocycles. The predicted octanol–water partition coefficient (Wildman–Crippen LogP) is 0.441. The number of nitrogens with one attached hydrogen (secondary N) is 2. The quantitative estimate of drug-likeness (QED) is 0.830. The normalized spacial score (nSPS) is 21.5. The average Bonchev–Trinajstić information content (AvgIpc) is 3.12. The summed E-state index contributed by atoms with van der Waals surface area (Å²) in [5.41, 5.74) is 1.56. The van der Waals surface area contributed by atoms with E-state index in [4.69, 9.17) is 4.74 Å². The summed E-state index contributed by atoms with van der Waals surface area (Å²) < 4.78 is 5.53. The number of amides is 2. The number of H-pyrrole nitrogens is 1. The predicted molar refractivity (Wildman–Crippen MR) is 93.4 cm³/mol. The van der Waals surface area contributed by atoms with Gasteiger partial charge in [0.05, 0.1) is 6.61 Å². The van der Waals surface area contributed by atoms with Gasteiger partial charge in [-0.3, -0.25) is 9.59 Å². The summed E-state index contributed by atoms with van der Waals surface area (Å²) in [5, 5.41) is 4.20. The first-order valence-corrected chi connectivity index (χ1v) is 8.70. The Bertz CT molecular complexity index is 740. The molecule has 2 aliphatic heterocycles. The first-order chi connectivity index (χ1) is 12.2. The Morgan fingerprint density at radius 1 is 1.08 bits per heavy atom. The molecule has 7 heteroatoms. The van der Waals surface area contributed by atoms with Gasteiger partial charge in [0.25, 0.3) is 11.8 Å². The molecular weight excluding hydrogens is 320 g/mol. The van der Waals surface area contributed by atoms with Crippen molar-refractivity contribution in [3.8, 4) is 0 Å². The maximum atomic E-state index is 12.7. The molecule has 2 saturated heterocycles. The number of nitrogens with zero attached hydrogens (tertiary/aromatic N) is 2. The van der Waals surface area contributed by atoms with Gasteiger partial charge in [-0.15, -0.1) is 0 Å². The molecule has 132 valence electrons. The number of ether oxygens (including phenoxy) is 1. The molecule has 1 atom stereocenters. The van der Waals surface area contributed by atoms with Crippen molar-refractivity contribution in [2.24, 2.45) is 0 Å². The first-order valence-electron chi connectivity index (χ1n) is 8.70. The Morgan fingerprint density at radius 2 is 1.84 bits per heavy atom. The van der Waals surface area contributed by atoms with Crippen molar-refractivity contribution >= 4 is 22.7 Å². The molecule has 0 bridgehead atoms. The number of para-hydroxylation sites is 1. The smallest absolute Gasteiger partial charge is 0.270 e. The highest BCUT2D eigenvalue weighted by Gasteiger charge is 2.30. The first kappa shape index (κ1) is 16.1. The number of aromatic nitrogens is 1. The molecular formula is C18H22N4O3. The number of fused-ring (bicyclic) bond motifs is 1. The van der Waals surface area contributed by atoms with Crippen LogP contribution in [0.5, 0.6) is 0 Å². The van der Waals surface area contributed by atoms with Gasteiger partial charge in [-0.1, -0.05) is 18.2 Å². The maximum absolute atomic E-state index is 12.7. The van der Waals surface area contributed by atoms with Gasteiger partial charge in [0.1, 0.15) is 11.8 Å². The van der Waals surface area contributed by atoms with E-state index < -0.39 is 6.10 Å². The lowest BCUT2D eigenvalue weighted by Gasteiger charge is -2.36. The van der Waals surface area contributed by atoms with Crippen molar-refractivity contribution in [1.82, 2.24) is 20.1 Å². The van der Waals surface area contributed by atoms with Crippen LogP contribution in [-0.4, -0.2) is 78.6 Å². The standard InChI is InChI=1S/C18H22N4O3/c23-17(15-11-13-3-1-2-4-14(13)20-15)21-6-8-22(9-7-21)18(24)16-12-19-5-10-25-16/h1-4,11,16,19-20H,5-10,12H2. The SMILES string of the molecule is O=C(c1cc2ccccc2[nH]1)N1CCN(C(=O)C2CNCCO2)CC1. The van der Waals surface area contributed by atoms with Crippen molar-refractivity contribution in [3.63, 3.8) is 0 Å². The number of aromatic amines is 1. The van der Waals surface area contributed by atoms with Crippen LogP contribution in [0.3, 0.4) is 0 Å². The zero-order chi connectivity index (χ0) is 17.2. The lowest BCUT2D eigenvalue weighted by molar-refractivity contribution is -0.146. The molecule has 25 heavy (non-hydrogen) atoms. The Kier molecular flexibility index (Phi) is 4.42. The van der Waals surface area contributed by atoms with Gasteiger partial charge in [-0.25, -0.2) is 0 Å². The number of rotatable bonds is 2. The zero-order valence-electron chi connectivity index (χ0n) is 14.0. The monoisotopic (exact) mass is 342 g/mol. The van der Waals surface area contributed by atoms with Crippen LogP contribution < -0.4 is 5.32 Å². The number of hydrogen-bond acceptors (Lipinski definition) is 4. The molecule has 0 spiro atoms. The van der Waals surface area contributed by atoms with Gasteiger partial charge in [-0.05, 0) is 12.1 Å². The highest BCUT2D eigenvalue weighted by Crippen LogP contribution is 2.17. The lowest BCUT2D eigenvalue weighted by Crippen LogP contribution is -2.56. The minimum absolute atomic E-state index is 0.0149. The van der Waals surface area contributed by atoms with E-state index in [1.807, 2.05) is 30.3 Å². The Labute approximate surface area is 145 Å². The molecule has 3 heterocycles. The molecule has 2 fully saturated rings. The van der Waals surface area contributed by atoms with E-state index >= 15 is 0 Å². The fourth-order valence-corrected chi connectivity index (χ4v) is 3.42. The van der Waals surface area contributed by atoms with Gasteiger partial charge >= 0.3 is 0 Å². The summed E-state index contributed by atoms with van der Waals surface area (Å²) in [5.74, 6) is 0.00351. The fourth-order valence-electron chi connectivity index (χ4n) is 3.42. The molecule has 0 saturated carbocycles. The second-order valence-electron chi connectivity index (χ2n) is 6.45. The van der Waals surface area contributed by atoms with Crippen LogP contribution in [0.15, 0.2) is 30.3 Å². The van der Waals surface area contributed by atoms with Crippen LogP contribution in [-0.2, 0) is 9.53 Å². The third-order valence-corrected chi connectivity index (χ3v) is 4.84. The van der Waals surface area contributed by atoms with Crippen LogP contribution in [0.2, 0.25) is 0 Å². The summed E-state index contributed by atoms with van der Waals surface area (Å²) >= 11 is 0. The van der Waals surface area contributed by atoms with Crippen molar-refractivity contribution < 1.29 is 14.3 Å². The van der Waals surface area contributed by atoms with Gasteiger partial charge in [0.15, 0.2) is 0 Å². The number of morpholine rings is 1. The minimum Gasteiger partial charge on any atom is -0.366 e. The molecule has 1 aromatic carbocycles. The Hall–Kier alpha value is -2.38. The van der Waals surface area contributed by atoms with Crippen LogP contribution in [0.4, 0.5) is 0 Å². The van der Waals surface area contributed by atoms with E-state index in [-0.39, 0.29) is 11.8 Å². The minimum atomic E-state index is -0.398. The highest BCUT2D eigenvalue weighted by atomic mass is 16.5. The van der Waals surface area contributed by atoms with Crippen molar-refractivity contribution in [2.75, 3.05) is 45.9 Å². The summed E-state index contributed by atoms with van der Waals surface area (Å²) in [6.45, 7) is 4.09. The van der Waals surface area contributed by atoms with E-state index in [0.29, 0.717) is 45.0 Å². The van der Waals surface area contributed by atoms with Gasteiger partial charge in [0, 0.05) is 50.2 Å². The second-order valence-corrected chi connectivity index (χ2v) is 6.45. The average molecular weight is 342 g/mol. The number of hydrogen-bond donors (Lipinski definition) is 2. The fraction of sp³-hybridized carbons (Fsp3) is 0.444. The van der Waals surface area contributed by atoms with E-state index in [1.54, 1.807) is 9.80 Å². The Balaban J connectivity index is 1.37. The number of carbonyl (C=O) groups excluding carboxylic acids is 2. The summed E-state index contributed by atoms with van der Waals surface area (Å²) in [7, 11) is 0. The van der Waals surface area contributed by atoms with Gasteiger partial charge in [-0.2, -0.15) is 0 Å². The van der Waals surface area contributed by atoms with Crippen molar-refractivity contribution in [2.45, 2.75) is 6.10 Å². The molecule has 1 aromatic heterocycles. The Morgan fingerprint density at radius 3 is 2.56 bits per heavy atom. The molecule has 0 radical (unpaired) electrons. The van der Waals surface area contributed by atoms with Crippen LogP contribution in [0, 0.1) is 0 Å². The van der Waals surface area contributed by atoms with E-state index in [9.17, 15) is 9.59 Å². The highest BCUT2D eigenvalue weighted by molar-refractivity contribution is 5.98.